The molecule has 3 unspecified atom stereocenters. The van der Waals surface area contributed by atoms with Gasteiger partial charge in [0.2, 0.25) is 0 Å². The molecule has 0 aromatic heterocycles. The van der Waals surface area contributed by atoms with Gasteiger partial charge in [0.05, 0.1) is 12.7 Å². The molecule has 0 radical (unpaired) electrons. The molecule has 3 atom stereocenters. The molecule has 2 saturated carbocycles. The molecular weight excluding hydrogens is 448 g/mol. The van der Waals surface area contributed by atoms with Crippen molar-refractivity contribution in [2.24, 2.45) is 5.92 Å². The number of β-amino-alcohol motifs (C(OH)–C–C–N with tert-alkyl or cyclic N) is 1. The van der Waals surface area contributed by atoms with Crippen LogP contribution >= 0.6 is 0 Å². The summed E-state index contributed by atoms with van der Waals surface area (Å²) in [7, 11) is 1.69. The molecule has 2 N–H and O–H groups in total. The zero-order valence-corrected chi connectivity index (χ0v) is 21.1. The Hall–Kier alpha value is -2.89. The van der Waals surface area contributed by atoms with Crippen LogP contribution in [0.3, 0.4) is 0 Å². The standard InChI is InChI=1S/C31H36N2O3/c1-36-28-8-4-7-26(18-28)30-15-16-33(20-22-9-10-22)21-31(30,35)14-13-27(19-30)32-29(34)25-12-11-23-5-2-3-6-24(23)17-25/h2-8,11-12,17-18,22,27,35H,9-10,13-16,19-21H2,1H3,(H,32,34). The van der Waals surface area contributed by atoms with Crippen molar-refractivity contribution < 1.29 is 14.6 Å². The van der Waals surface area contributed by atoms with Crippen molar-refractivity contribution in [1.29, 1.82) is 0 Å². The highest BCUT2D eigenvalue weighted by atomic mass is 16.5. The number of nitrogens with zero attached hydrogens (tertiary/aromatic N) is 1. The van der Waals surface area contributed by atoms with Gasteiger partial charge in [-0.2, -0.15) is 0 Å². The van der Waals surface area contributed by atoms with Gasteiger partial charge in [-0.05, 0) is 91.6 Å². The third-order valence-corrected chi connectivity index (χ3v) is 8.91. The lowest BCUT2D eigenvalue weighted by atomic mass is 9.55. The van der Waals surface area contributed by atoms with E-state index in [1.807, 2.05) is 48.5 Å². The van der Waals surface area contributed by atoms with Gasteiger partial charge in [0.25, 0.3) is 5.91 Å². The molecule has 0 bridgehead atoms. The van der Waals surface area contributed by atoms with Crippen LogP contribution in [0.5, 0.6) is 5.75 Å². The SMILES string of the molecule is COc1cccc(C23CCN(CC4CC4)CC2(O)CCC(NC(=O)c2ccc4ccccc4c2)C3)c1. The number of methoxy groups -OCH3 is 1. The number of carbonyl (C=O) groups excluding carboxylic acids is 1. The maximum Gasteiger partial charge on any atom is 0.251 e. The summed E-state index contributed by atoms with van der Waals surface area (Å²) in [6.07, 6.45) is 5.70. The average molecular weight is 485 g/mol. The maximum atomic E-state index is 13.3. The van der Waals surface area contributed by atoms with Crippen molar-refractivity contribution in [2.75, 3.05) is 26.7 Å². The first-order chi connectivity index (χ1) is 17.5. The quantitative estimate of drug-likeness (QED) is 0.522. The summed E-state index contributed by atoms with van der Waals surface area (Å²) in [5, 5.41) is 17.8. The van der Waals surface area contributed by atoms with Crippen LogP contribution in [0, 0.1) is 5.92 Å². The van der Waals surface area contributed by atoms with Crippen LogP contribution in [-0.2, 0) is 5.41 Å². The van der Waals surface area contributed by atoms with Crippen molar-refractivity contribution in [3.63, 3.8) is 0 Å². The lowest BCUT2D eigenvalue weighted by Gasteiger charge is -2.58. The van der Waals surface area contributed by atoms with E-state index in [2.05, 4.69) is 28.4 Å². The van der Waals surface area contributed by atoms with Gasteiger partial charge >= 0.3 is 0 Å². The van der Waals surface area contributed by atoms with Crippen LogP contribution in [0.2, 0.25) is 0 Å². The van der Waals surface area contributed by atoms with E-state index >= 15 is 0 Å². The van der Waals surface area contributed by atoms with Gasteiger partial charge in [-0.15, -0.1) is 0 Å². The van der Waals surface area contributed by atoms with E-state index in [4.69, 9.17) is 4.74 Å². The first kappa shape index (κ1) is 23.5. The van der Waals surface area contributed by atoms with E-state index in [9.17, 15) is 9.90 Å². The third kappa shape index (κ3) is 4.29. The number of nitrogens with one attached hydrogen (secondary N) is 1. The molecule has 188 valence electrons. The number of carbonyl (C=O) groups is 1. The van der Waals surface area contributed by atoms with Crippen LogP contribution < -0.4 is 10.1 Å². The van der Waals surface area contributed by atoms with Crippen molar-refractivity contribution in [3.05, 3.63) is 77.9 Å². The molecule has 2 aliphatic carbocycles. The molecule has 0 spiro atoms. The lowest BCUT2D eigenvalue weighted by molar-refractivity contribution is -0.126. The second kappa shape index (κ2) is 9.20. The summed E-state index contributed by atoms with van der Waals surface area (Å²) in [5.74, 6) is 1.57. The molecule has 3 aliphatic rings. The van der Waals surface area contributed by atoms with E-state index in [0.717, 1.165) is 60.4 Å². The Balaban J connectivity index is 1.27. The zero-order valence-electron chi connectivity index (χ0n) is 21.1. The van der Waals surface area contributed by atoms with Crippen LogP contribution in [0.1, 0.15) is 54.4 Å². The number of rotatable bonds is 6. The molecule has 1 aliphatic heterocycles. The summed E-state index contributed by atoms with van der Waals surface area (Å²) in [4.78, 5) is 15.8. The fraction of sp³-hybridized carbons (Fsp3) is 0.452. The zero-order chi connectivity index (χ0) is 24.8. The number of hydrogen-bond donors (Lipinski definition) is 2. The molecule has 3 aromatic rings. The lowest BCUT2D eigenvalue weighted by Crippen LogP contribution is -2.67. The Kier molecular flexibility index (Phi) is 6.01. The predicted molar refractivity (Wildman–Crippen MR) is 142 cm³/mol. The summed E-state index contributed by atoms with van der Waals surface area (Å²) in [6, 6.07) is 22.2. The molecule has 1 saturated heterocycles. The van der Waals surface area contributed by atoms with E-state index in [1.165, 1.54) is 12.8 Å². The van der Waals surface area contributed by atoms with Gasteiger partial charge in [-0.1, -0.05) is 42.5 Å². The van der Waals surface area contributed by atoms with Crippen molar-refractivity contribution >= 4 is 16.7 Å². The monoisotopic (exact) mass is 484 g/mol. The summed E-state index contributed by atoms with van der Waals surface area (Å²) in [6.45, 7) is 2.77. The summed E-state index contributed by atoms with van der Waals surface area (Å²) in [5.41, 5.74) is 0.571. The molecule has 36 heavy (non-hydrogen) atoms. The number of fused-ring (bicyclic) bond motifs is 2. The van der Waals surface area contributed by atoms with Crippen LogP contribution in [0.15, 0.2) is 66.7 Å². The van der Waals surface area contributed by atoms with Crippen LogP contribution in [0.4, 0.5) is 0 Å². The molecule has 5 heteroatoms. The normalized spacial score (nSPS) is 28.4. The first-order valence-corrected chi connectivity index (χ1v) is 13.4. The van der Waals surface area contributed by atoms with Gasteiger partial charge in [0.1, 0.15) is 5.75 Å². The van der Waals surface area contributed by atoms with Gasteiger partial charge in [0.15, 0.2) is 0 Å². The highest BCUT2D eigenvalue weighted by molar-refractivity contribution is 5.98. The van der Waals surface area contributed by atoms with E-state index in [-0.39, 0.29) is 11.9 Å². The maximum absolute atomic E-state index is 13.3. The molecule has 3 fully saturated rings. The number of piperidine rings is 1. The van der Waals surface area contributed by atoms with Gasteiger partial charge in [-0.25, -0.2) is 0 Å². The van der Waals surface area contributed by atoms with E-state index < -0.39 is 11.0 Å². The van der Waals surface area contributed by atoms with Crippen LogP contribution in [0.25, 0.3) is 10.8 Å². The Morgan fingerprint density at radius 2 is 1.86 bits per heavy atom. The average Bonchev–Trinajstić information content (AvgIpc) is 3.72. The van der Waals surface area contributed by atoms with Crippen LogP contribution in [-0.4, -0.2) is 54.3 Å². The highest BCUT2D eigenvalue weighted by Gasteiger charge is 2.58. The number of ether oxygens (including phenoxy) is 1. The minimum Gasteiger partial charge on any atom is -0.497 e. The van der Waals surface area contributed by atoms with E-state index in [1.54, 1.807) is 7.11 Å². The molecule has 3 aromatic carbocycles. The number of aliphatic hydroxyl groups is 1. The minimum atomic E-state index is -0.823. The Morgan fingerprint density at radius 1 is 1.03 bits per heavy atom. The van der Waals surface area contributed by atoms with Crippen molar-refractivity contribution in [3.8, 4) is 5.75 Å². The van der Waals surface area contributed by atoms with Gasteiger partial charge < -0.3 is 20.1 Å². The van der Waals surface area contributed by atoms with Crippen molar-refractivity contribution in [1.82, 2.24) is 10.2 Å². The number of hydrogen-bond acceptors (Lipinski definition) is 4. The molecule has 6 rings (SSSR count). The minimum absolute atomic E-state index is 0.00503. The third-order valence-electron chi connectivity index (χ3n) is 8.91. The summed E-state index contributed by atoms with van der Waals surface area (Å²) < 4.78 is 5.56. The Morgan fingerprint density at radius 3 is 2.67 bits per heavy atom. The molecular formula is C31H36N2O3. The smallest absolute Gasteiger partial charge is 0.251 e. The number of likely N-dealkylation sites (tertiary alicyclic amines) is 1. The topological polar surface area (TPSA) is 61.8 Å². The fourth-order valence-electron chi connectivity index (χ4n) is 6.72. The summed E-state index contributed by atoms with van der Waals surface area (Å²) >= 11 is 0. The number of benzene rings is 3. The first-order valence-electron chi connectivity index (χ1n) is 13.4. The van der Waals surface area contributed by atoms with Gasteiger partial charge in [-0.3, -0.25) is 4.79 Å². The second-order valence-corrected chi connectivity index (χ2v) is 11.2. The Bertz CT molecular complexity index is 1270. The molecule has 5 nitrogen and oxygen atoms in total. The molecule has 1 heterocycles. The van der Waals surface area contributed by atoms with E-state index in [0.29, 0.717) is 18.5 Å². The largest absolute Gasteiger partial charge is 0.497 e. The Labute approximate surface area is 213 Å². The fourth-order valence-corrected chi connectivity index (χ4v) is 6.72. The highest BCUT2D eigenvalue weighted by Crippen LogP contribution is 2.52. The number of amides is 1. The van der Waals surface area contributed by atoms with Crippen molar-refractivity contribution in [2.45, 2.75) is 55.6 Å². The second-order valence-electron chi connectivity index (χ2n) is 11.2. The predicted octanol–water partition coefficient (Wildman–Crippen LogP) is 4.92. The van der Waals surface area contributed by atoms with Gasteiger partial charge in [0, 0.05) is 30.1 Å². The molecule has 1 amide bonds.